The van der Waals surface area contributed by atoms with E-state index in [1.54, 1.807) is 30.3 Å². The van der Waals surface area contributed by atoms with Crippen LogP contribution in [0.15, 0.2) is 30.3 Å². The number of carbonyl (C=O) groups excluding carboxylic acids is 16. The molecule has 734 valence electrons. The van der Waals surface area contributed by atoms with E-state index in [1.807, 2.05) is 0 Å². The minimum atomic E-state index is -1.74. The molecule has 15 atom stereocenters. The second-order valence-electron chi connectivity index (χ2n) is 31.2. The van der Waals surface area contributed by atoms with Gasteiger partial charge in [-0.25, -0.2) is 4.79 Å². The van der Waals surface area contributed by atoms with Gasteiger partial charge in [-0.3, -0.25) is 104 Å². The number of carbonyl (C=O) groups is 17. The van der Waals surface area contributed by atoms with Gasteiger partial charge in [0.15, 0.2) is 29.8 Å². The van der Waals surface area contributed by atoms with Gasteiger partial charge >= 0.3 is 5.97 Å². The Hall–Kier alpha value is -13.6. The van der Waals surface area contributed by atoms with Crippen LogP contribution >= 0.6 is 0 Å². The normalized spacial score (nSPS) is 15.2. The van der Waals surface area contributed by atoms with Crippen molar-refractivity contribution in [1.29, 1.82) is 27.0 Å². The summed E-state index contributed by atoms with van der Waals surface area (Å²) in [6.07, 6.45) is -1.39. The number of likely N-dealkylation sites (tertiary alicyclic amines) is 1. The molecule has 0 saturated carbocycles. The first-order valence-corrected chi connectivity index (χ1v) is 43.2. The van der Waals surface area contributed by atoms with Crippen LogP contribution in [0, 0.1) is 27.0 Å². The molecule has 0 aromatic heterocycles. The molecule has 1 aromatic rings. The molecule has 1 aromatic carbocycles. The lowest BCUT2D eigenvalue weighted by Crippen LogP contribution is -2.61. The molecule has 0 bridgehead atoms. The Morgan fingerprint density at radius 2 is 0.664 bits per heavy atom. The molecular formula is C78H138N34O19. The van der Waals surface area contributed by atoms with Crippen molar-refractivity contribution in [3.63, 3.8) is 0 Å². The molecule has 0 spiro atoms. The summed E-state index contributed by atoms with van der Waals surface area (Å²) in [7, 11) is 0. The zero-order chi connectivity index (χ0) is 98.4. The molecule has 0 aliphatic carbocycles. The van der Waals surface area contributed by atoms with E-state index in [4.69, 9.17) is 72.9 Å². The summed E-state index contributed by atoms with van der Waals surface area (Å²) in [5.74, 6) is -18.0. The Balaban J connectivity index is 2.52. The molecule has 1 aliphatic rings. The van der Waals surface area contributed by atoms with Crippen LogP contribution in [0.25, 0.3) is 0 Å². The number of nitrogens with two attached hydrogens (primary N) is 8. The van der Waals surface area contributed by atoms with Crippen molar-refractivity contribution >= 4 is 130 Å². The van der Waals surface area contributed by atoms with Crippen molar-refractivity contribution in [3.8, 4) is 0 Å². The van der Waals surface area contributed by atoms with Gasteiger partial charge in [0.05, 0.1) is 25.7 Å². The third-order valence-corrected chi connectivity index (χ3v) is 20.1. The lowest BCUT2D eigenvalue weighted by Gasteiger charge is -2.31. The third kappa shape index (κ3) is 46.3. The standard InChI is InChI=1S/C78H138N34O19/c1-41(99-56(114)38-81)60(117)97-39-57(115)100-42(2)61(118)98-40-58(116)101-43(3)63(120)111-59(45(5)113)72(129)112-36-18-28-55(112)71(128)109-49(23-13-31-92-74(82)83)64(121)102-44(4)62(119)103-50(24-14-32-93-75(84)85)67(124)106-52(26-16-34-95-77(88)89)69(126)107-51(25-15-33-94-76(86)87)68(125)105-47(21-9-11-29-79)65(122)104-48(22-10-12-30-80)66(123)108-53(27-17-35-96-78(90)91)70(127)110-54(73(130)131)37-46-19-7-6-8-20-46/h6-8,19-20,41-45,47-55,59,113H,9-18,21-40,79-81H2,1-5H3,(H,97,117)(H,98,118)(H,99,114)(H,100,115)(H,101,116)(H,102,121)(H,103,119)(H,104,122)(H,105,125)(H,106,124)(H,107,126)(H,108,123)(H,109,128)(H,110,127)(H,111,120)(H,130,131)(H4,82,83,92)(H4,84,85,93)(H4,86,87,94)(H4,88,89,95)(H4,90,91,96)/t41-,42-,43-,44-,45+,47-,48-,49-,50-,51-,52-,53-,54-,55-,59-/m0/s1. The number of hydrogen-bond donors (Lipinski definition) is 35. The number of guanidine groups is 5. The van der Waals surface area contributed by atoms with Gasteiger partial charge in [0.25, 0.3) is 0 Å². The van der Waals surface area contributed by atoms with Crippen LogP contribution in [0.2, 0.25) is 0 Å². The number of nitrogens with one attached hydrogen (secondary N) is 25. The van der Waals surface area contributed by atoms with Crippen molar-refractivity contribution in [3.05, 3.63) is 35.9 Å². The van der Waals surface area contributed by atoms with E-state index >= 15 is 0 Å². The fourth-order valence-electron chi connectivity index (χ4n) is 13.0. The fraction of sp³-hybridized carbons (Fsp3) is 0.641. The van der Waals surface area contributed by atoms with E-state index in [0.29, 0.717) is 18.4 Å². The molecule has 53 nitrogen and oxygen atoms in total. The van der Waals surface area contributed by atoms with Crippen molar-refractivity contribution in [2.24, 2.45) is 45.9 Å². The Bertz CT molecular complexity index is 4020. The molecule has 131 heavy (non-hydrogen) atoms. The first-order chi connectivity index (χ1) is 61.9. The summed E-state index contributed by atoms with van der Waals surface area (Å²) >= 11 is 0. The van der Waals surface area contributed by atoms with E-state index in [9.17, 15) is 91.7 Å². The number of aliphatic hydroxyl groups is 1. The third-order valence-electron chi connectivity index (χ3n) is 20.1. The van der Waals surface area contributed by atoms with Gasteiger partial charge in [-0.05, 0) is 169 Å². The molecule has 53 heteroatoms. The van der Waals surface area contributed by atoms with Crippen LogP contribution in [-0.2, 0) is 87.9 Å². The van der Waals surface area contributed by atoms with E-state index < -0.39 is 228 Å². The average molecular weight is 1860 g/mol. The van der Waals surface area contributed by atoms with E-state index in [-0.39, 0.29) is 174 Å². The van der Waals surface area contributed by atoms with Gasteiger partial charge in [-0.1, -0.05) is 30.3 Å². The molecule has 1 heterocycles. The number of aliphatic hydroxyl groups excluding tert-OH is 1. The first-order valence-electron chi connectivity index (χ1n) is 43.2. The predicted octanol–water partition coefficient (Wildman–Crippen LogP) is -12.2. The number of nitrogens with zero attached hydrogens (tertiary/aromatic N) is 1. The van der Waals surface area contributed by atoms with Crippen LogP contribution in [0.1, 0.15) is 156 Å². The molecule has 1 fully saturated rings. The summed E-state index contributed by atoms with van der Waals surface area (Å²) in [6, 6.07) is -11.9. The summed E-state index contributed by atoms with van der Waals surface area (Å²) in [5, 5.41) is 110. The number of unbranched alkanes of at least 4 members (excludes halogenated alkanes) is 2. The number of rotatable bonds is 63. The molecule has 1 saturated heterocycles. The summed E-state index contributed by atoms with van der Waals surface area (Å²) in [5.41, 5.74) is 45.2. The highest BCUT2D eigenvalue weighted by molar-refractivity contribution is 6.01. The van der Waals surface area contributed by atoms with Crippen LogP contribution < -0.4 is 152 Å². The monoisotopic (exact) mass is 1860 g/mol. The zero-order valence-corrected chi connectivity index (χ0v) is 74.7. The second kappa shape index (κ2) is 61.8. The summed E-state index contributed by atoms with van der Waals surface area (Å²) in [4.78, 5) is 235. The topological polar surface area (TPSA) is 902 Å². The summed E-state index contributed by atoms with van der Waals surface area (Å²) in [6.45, 7) is 4.74. The Morgan fingerprint density at radius 3 is 0.992 bits per heavy atom. The quantitative estimate of drug-likeness (QED) is 0.0164. The van der Waals surface area contributed by atoms with Crippen LogP contribution in [-0.4, -0.2) is 308 Å². The van der Waals surface area contributed by atoms with Gasteiger partial charge < -0.3 is 167 Å². The van der Waals surface area contributed by atoms with E-state index in [1.165, 1.54) is 34.6 Å². The number of carboxylic acids is 1. The Labute approximate surface area is 758 Å². The highest BCUT2D eigenvalue weighted by Gasteiger charge is 2.42. The van der Waals surface area contributed by atoms with Gasteiger partial charge in [-0.15, -0.1) is 0 Å². The number of carboxylic acid groups (broad SMARTS) is 1. The lowest BCUT2D eigenvalue weighted by atomic mass is 10.0. The molecule has 2 rings (SSSR count). The van der Waals surface area contributed by atoms with Gasteiger partial charge in [0.2, 0.25) is 94.5 Å². The summed E-state index contributed by atoms with van der Waals surface area (Å²) < 4.78 is 0. The average Bonchev–Trinajstić information content (AvgIpc) is 1.68. The van der Waals surface area contributed by atoms with Gasteiger partial charge in [0.1, 0.15) is 84.6 Å². The molecular weight excluding hydrogens is 1720 g/mol. The van der Waals surface area contributed by atoms with Crippen LogP contribution in [0.4, 0.5) is 0 Å². The molecule has 0 radical (unpaired) electrons. The maximum Gasteiger partial charge on any atom is 0.326 e. The van der Waals surface area contributed by atoms with Crippen molar-refractivity contribution in [2.45, 2.75) is 247 Å². The minimum Gasteiger partial charge on any atom is -0.480 e. The van der Waals surface area contributed by atoms with Crippen molar-refractivity contribution < 1.29 is 91.7 Å². The second-order valence-corrected chi connectivity index (χ2v) is 31.2. The zero-order valence-electron chi connectivity index (χ0n) is 74.7. The molecule has 43 N–H and O–H groups in total. The Kier molecular flexibility index (Phi) is 53.5. The maximum atomic E-state index is 14.9. The van der Waals surface area contributed by atoms with E-state index in [2.05, 4.69) is 106 Å². The number of hydrogen-bond acceptors (Lipinski definition) is 26. The van der Waals surface area contributed by atoms with Crippen LogP contribution in [0.3, 0.4) is 0 Å². The predicted molar refractivity (Wildman–Crippen MR) is 479 cm³/mol. The largest absolute Gasteiger partial charge is 0.480 e. The number of amides is 16. The highest BCUT2D eigenvalue weighted by Crippen LogP contribution is 2.21. The number of benzene rings is 1. The molecule has 16 amide bonds. The first kappa shape index (κ1) is 113. The van der Waals surface area contributed by atoms with E-state index in [0.717, 1.165) is 4.90 Å². The fourth-order valence-corrected chi connectivity index (χ4v) is 13.0. The van der Waals surface area contributed by atoms with Crippen molar-refractivity contribution in [2.75, 3.05) is 72.0 Å². The van der Waals surface area contributed by atoms with Crippen LogP contribution in [0.5, 0.6) is 0 Å². The highest BCUT2D eigenvalue weighted by atomic mass is 16.4. The molecule has 0 unspecified atom stereocenters. The van der Waals surface area contributed by atoms with Crippen molar-refractivity contribution in [1.82, 2.24) is 111 Å². The van der Waals surface area contributed by atoms with Gasteiger partial charge in [-0.2, -0.15) is 0 Å². The smallest absolute Gasteiger partial charge is 0.326 e. The number of aliphatic carboxylic acids is 1. The lowest BCUT2D eigenvalue weighted by molar-refractivity contribution is -0.144. The maximum absolute atomic E-state index is 14.9. The molecule has 1 aliphatic heterocycles. The minimum absolute atomic E-state index is 0.000730. The van der Waals surface area contributed by atoms with Gasteiger partial charge in [0, 0.05) is 45.7 Å². The SMILES string of the molecule is C[C@H](NC(=O)CN)C(=O)NCC(=O)N[C@@H](C)C(=O)NCC(=O)N[C@@H](C)C(=O)N[C@H](C(=O)N1CCC[C@H]1C(=O)N[C@@H](CCCNC(=N)N)C(=O)N[C@@H](C)C(=O)N[C@@H](CCCNC(=N)N)C(=O)N[C@@H](CCCNC(=N)N)C(=O)N[C@@H](CCCNC(=N)N)C(=O)N[C@@H](CCCCN)C(=O)N[C@@H](CCCCN)C(=O)N[C@@H](CCCNC(=N)N)C(=O)N[C@@H](Cc1ccccc1)C(=O)O)[C@@H](C)O. The Morgan fingerprint density at radius 1 is 0.366 bits per heavy atom.